The number of phenols is 1. The molecule has 2 aromatic rings. The molecular weight excluding hydrogens is 413 g/mol. The number of hydrogen-bond donors (Lipinski definition) is 3. The number of rotatable bonds is 8. The van der Waals surface area contributed by atoms with Gasteiger partial charge in [0.15, 0.2) is 11.5 Å². The number of halogens is 2. The van der Waals surface area contributed by atoms with Gasteiger partial charge >= 0.3 is 0 Å². The summed E-state index contributed by atoms with van der Waals surface area (Å²) in [5, 5.41) is 16.5. The first-order chi connectivity index (χ1) is 14.2. The molecule has 0 aliphatic carbocycles. The highest BCUT2D eigenvalue weighted by atomic mass is 35.5. The first kappa shape index (κ1) is 23.2. The van der Waals surface area contributed by atoms with E-state index in [1.807, 2.05) is 0 Å². The van der Waals surface area contributed by atoms with Crippen molar-refractivity contribution in [3.8, 4) is 11.5 Å². The zero-order valence-electron chi connectivity index (χ0n) is 16.8. The van der Waals surface area contributed by atoms with Crippen LogP contribution in [0, 0.1) is 11.7 Å². The summed E-state index contributed by atoms with van der Waals surface area (Å²) in [6.45, 7) is 5.64. The minimum Gasteiger partial charge on any atom is -0.503 e. The summed E-state index contributed by atoms with van der Waals surface area (Å²) in [5.41, 5.74) is 3.11. The van der Waals surface area contributed by atoms with Gasteiger partial charge in [-0.25, -0.2) is 9.82 Å². The standard InChI is InChI=1S/C21H23ClFN3O4/c1-4-30-17-10-13(9-16(22)19(17)27)11-24-26-21(29)18(12(2)3)25-20(28)14-5-7-15(23)8-6-14/h5-12,18,27H,4H2,1-3H3,(H,25,28)(H,26,29)/b24-11+. The van der Waals surface area contributed by atoms with Crippen molar-refractivity contribution in [1.29, 1.82) is 0 Å². The van der Waals surface area contributed by atoms with Crippen molar-refractivity contribution in [2.45, 2.75) is 26.8 Å². The van der Waals surface area contributed by atoms with Crippen molar-refractivity contribution in [2.24, 2.45) is 11.0 Å². The first-order valence-electron chi connectivity index (χ1n) is 9.27. The number of amides is 2. The highest BCUT2D eigenvalue weighted by Gasteiger charge is 2.24. The van der Waals surface area contributed by atoms with E-state index < -0.39 is 23.7 Å². The van der Waals surface area contributed by atoms with Gasteiger partial charge in [0, 0.05) is 5.56 Å². The van der Waals surface area contributed by atoms with Crippen LogP contribution in [0.2, 0.25) is 5.02 Å². The van der Waals surface area contributed by atoms with E-state index in [9.17, 15) is 19.1 Å². The van der Waals surface area contributed by atoms with Crippen LogP contribution in [0.1, 0.15) is 36.7 Å². The summed E-state index contributed by atoms with van der Waals surface area (Å²) in [5.74, 6) is -1.68. The summed E-state index contributed by atoms with van der Waals surface area (Å²) in [6, 6.07) is 7.14. The molecule has 0 fully saturated rings. The molecule has 2 aromatic carbocycles. The lowest BCUT2D eigenvalue weighted by Gasteiger charge is -2.20. The third-order valence-corrected chi connectivity index (χ3v) is 4.37. The second kappa shape index (κ2) is 10.6. The fraction of sp³-hybridized carbons (Fsp3) is 0.286. The van der Waals surface area contributed by atoms with Crippen LogP contribution in [0.15, 0.2) is 41.5 Å². The Kier molecular flexibility index (Phi) is 8.17. The normalized spacial score (nSPS) is 12.1. The van der Waals surface area contributed by atoms with Gasteiger partial charge in [-0.15, -0.1) is 0 Å². The molecule has 3 N–H and O–H groups in total. The van der Waals surface area contributed by atoms with Crippen molar-refractivity contribution < 1.29 is 23.8 Å². The zero-order chi connectivity index (χ0) is 22.3. The topological polar surface area (TPSA) is 100 Å². The number of ether oxygens (including phenoxy) is 1. The molecule has 0 aliphatic heterocycles. The van der Waals surface area contributed by atoms with E-state index in [2.05, 4.69) is 15.8 Å². The Morgan fingerprint density at radius 1 is 1.27 bits per heavy atom. The van der Waals surface area contributed by atoms with Crippen LogP contribution < -0.4 is 15.5 Å². The molecule has 0 saturated carbocycles. The van der Waals surface area contributed by atoms with Crippen LogP contribution >= 0.6 is 11.6 Å². The quantitative estimate of drug-likeness (QED) is 0.436. The molecule has 1 atom stereocenters. The van der Waals surface area contributed by atoms with Crippen molar-refractivity contribution in [2.75, 3.05) is 6.61 Å². The van der Waals surface area contributed by atoms with Crippen LogP contribution in [0.4, 0.5) is 4.39 Å². The molecule has 30 heavy (non-hydrogen) atoms. The lowest BCUT2D eigenvalue weighted by atomic mass is 10.0. The van der Waals surface area contributed by atoms with Gasteiger partial charge in [0.1, 0.15) is 11.9 Å². The van der Waals surface area contributed by atoms with E-state index in [0.29, 0.717) is 12.2 Å². The maximum absolute atomic E-state index is 13.0. The van der Waals surface area contributed by atoms with Crippen LogP contribution in [-0.2, 0) is 4.79 Å². The molecule has 2 amide bonds. The average molecular weight is 436 g/mol. The molecular formula is C21H23ClFN3O4. The predicted octanol–water partition coefficient (Wildman–Crippen LogP) is 3.49. The molecule has 0 bridgehead atoms. The Hall–Kier alpha value is -3.13. The maximum Gasteiger partial charge on any atom is 0.262 e. The molecule has 0 saturated heterocycles. The van der Waals surface area contributed by atoms with Crippen molar-refractivity contribution in [3.63, 3.8) is 0 Å². The number of nitrogens with one attached hydrogen (secondary N) is 2. The highest BCUT2D eigenvalue weighted by Crippen LogP contribution is 2.34. The Balaban J connectivity index is 2.06. The molecule has 0 heterocycles. The number of carbonyl (C=O) groups excluding carboxylic acids is 2. The lowest BCUT2D eigenvalue weighted by Crippen LogP contribution is -2.48. The number of hydrazone groups is 1. The molecule has 9 heteroatoms. The number of benzene rings is 2. The fourth-order valence-electron chi connectivity index (χ4n) is 2.53. The minimum atomic E-state index is -0.859. The molecule has 0 spiro atoms. The Morgan fingerprint density at radius 3 is 2.53 bits per heavy atom. The summed E-state index contributed by atoms with van der Waals surface area (Å²) in [7, 11) is 0. The number of aromatic hydroxyl groups is 1. The second-order valence-corrected chi connectivity index (χ2v) is 7.13. The van der Waals surface area contributed by atoms with E-state index in [4.69, 9.17) is 16.3 Å². The van der Waals surface area contributed by atoms with Crippen molar-refractivity contribution >= 4 is 29.6 Å². The van der Waals surface area contributed by atoms with Crippen LogP contribution in [0.5, 0.6) is 11.5 Å². The van der Waals surface area contributed by atoms with Crippen molar-refractivity contribution in [3.05, 3.63) is 58.4 Å². The Bertz CT molecular complexity index is 933. The summed E-state index contributed by atoms with van der Waals surface area (Å²) < 4.78 is 18.3. The number of carbonyl (C=O) groups is 2. The third-order valence-electron chi connectivity index (χ3n) is 4.08. The summed E-state index contributed by atoms with van der Waals surface area (Å²) >= 11 is 5.96. The van der Waals surface area contributed by atoms with Gasteiger partial charge in [-0.2, -0.15) is 5.10 Å². The molecule has 0 aromatic heterocycles. The van der Waals surface area contributed by atoms with E-state index in [-0.39, 0.29) is 28.0 Å². The third kappa shape index (κ3) is 6.18. The molecule has 2 rings (SSSR count). The molecule has 0 aliphatic rings. The number of nitrogens with zero attached hydrogens (tertiary/aromatic N) is 1. The SMILES string of the molecule is CCOc1cc(/C=N/NC(=O)C(NC(=O)c2ccc(F)cc2)C(C)C)cc(Cl)c1O. The minimum absolute atomic E-state index is 0.0837. The smallest absolute Gasteiger partial charge is 0.262 e. The summed E-state index contributed by atoms with van der Waals surface area (Å²) in [6.07, 6.45) is 1.34. The molecule has 160 valence electrons. The number of hydrogen-bond acceptors (Lipinski definition) is 5. The summed E-state index contributed by atoms with van der Waals surface area (Å²) in [4.78, 5) is 24.8. The van der Waals surface area contributed by atoms with Gasteiger partial charge < -0.3 is 15.2 Å². The van der Waals surface area contributed by atoms with Gasteiger partial charge in [-0.05, 0) is 54.8 Å². The Morgan fingerprint density at radius 2 is 1.93 bits per heavy atom. The van der Waals surface area contributed by atoms with E-state index in [1.165, 1.54) is 42.6 Å². The van der Waals surface area contributed by atoms with Gasteiger partial charge in [0.05, 0.1) is 17.8 Å². The number of phenolic OH excluding ortho intramolecular Hbond substituents is 1. The zero-order valence-corrected chi connectivity index (χ0v) is 17.5. The monoisotopic (exact) mass is 435 g/mol. The van der Waals surface area contributed by atoms with Gasteiger partial charge in [0.25, 0.3) is 11.8 Å². The fourth-order valence-corrected chi connectivity index (χ4v) is 2.75. The van der Waals surface area contributed by atoms with Gasteiger partial charge in [-0.3, -0.25) is 9.59 Å². The second-order valence-electron chi connectivity index (χ2n) is 6.72. The molecule has 0 radical (unpaired) electrons. The molecule has 7 nitrogen and oxygen atoms in total. The predicted molar refractivity (Wildman–Crippen MR) is 113 cm³/mol. The van der Waals surface area contributed by atoms with E-state index >= 15 is 0 Å². The van der Waals surface area contributed by atoms with Crippen LogP contribution in [-0.4, -0.2) is 35.8 Å². The Labute approximate surface area is 178 Å². The van der Waals surface area contributed by atoms with Gasteiger partial charge in [0.2, 0.25) is 0 Å². The average Bonchev–Trinajstić information content (AvgIpc) is 2.70. The lowest BCUT2D eigenvalue weighted by molar-refractivity contribution is -0.123. The largest absolute Gasteiger partial charge is 0.503 e. The van der Waals surface area contributed by atoms with Crippen LogP contribution in [0.3, 0.4) is 0 Å². The van der Waals surface area contributed by atoms with E-state index in [1.54, 1.807) is 20.8 Å². The maximum atomic E-state index is 13.0. The van der Waals surface area contributed by atoms with Gasteiger partial charge in [-0.1, -0.05) is 25.4 Å². The van der Waals surface area contributed by atoms with E-state index in [0.717, 1.165) is 0 Å². The highest BCUT2D eigenvalue weighted by molar-refractivity contribution is 6.32. The molecule has 1 unspecified atom stereocenters. The first-order valence-corrected chi connectivity index (χ1v) is 9.65. The van der Waals surface area contributed by atoms with Crippen molar-refractivity contribution in [1.82, 2.24) is 10.7 Å². The van der Waals surface area contributed by atoms with Crippen LogP contribution in [0.25, 0.3) is 0 Å².